The number of benzene rings is 2. The van der Waals surface area contributed by atoms with Crippen molar-refractivity contribution in [1.29, 1.82) is 0 Å². The van der Waals surface area contributed by atoms with E-state index >= 15 is 0 Å². The van der Waals surface area contributed by atoms with Crippen LogP contribution in [0.25, 0.3) is 10.8 Å². The van der Waals surface area contributed by atoms with Gasteiger partial charge in [-0.1, -0.05) is 36.4 Å². The van der Waals surface area contributed by atoms with Crippen LogP contribution in [0.3, 0.4) is 0 Å². The fourth-order valence-corrected chi connectivity index (χ4v) is 2.78. The maximum absolute atomic E-state index is 11.9. The summed E-state index contributed by atoms with van der Waals surface area (Å²) in [6.45, 7) is 0.409. The van der Waals surface area contributed by atoms with E-state index in [-0.39, 0.29) is 24.4 Å². The lowest BCUT2D eigenvalue weighted by Crippen LogP contribution is -2.33. The van der Waals surface area contributed by atoms with Crippen molar-refractivity contribution in [3.05, 3.63) is 48.0 Å². The van der Waals surface area contributed by atoms with Crippen LogP contribution < -0.4 is 11.1 Å². The fraction of sp³-hybridized carbons (Fsp3) is 0.353. The zero-order chi connectivity index (χ0) is 15.1. The summed E-state index contributed by atoms with van der Waals surface area (Å²) in [7, 11) is 0. The Labute approximate surface area is 142 Å². The lowest BCUT2D eigenvalue weighted by molar-refractivity contribution is -0.121. The van der Waals surface area contributed by atoms with Crippen LogP contribution in [0.2, 0.25) is 0 Å². The second kappa shape index (κ2) is 9.72. The average Bonchev–Trinajstić information content (AvgIpc) is 2.52. The second-order valence-electron chi connectivity index (χ2n) is 5.06. The van der Waals surface area contributed by atoms with Gasteiger partial charge >= 0.3 is 0 Å². The molecular weight excluding hydrogens is 316 g/mol. The minimum atomic E-state index is -0.114. The number of halogens is 1. The Hall–Kier alpha value is -1.23. The predicted octanol–water partition coefficient (Wildman–Crippen LogP) is 3.52. The first kappa shape index (κ1) is 18.8. The first-order chi connectivity index (χ1) is 10.2. The summed E-state index contributed by atoms with van der Waals surface area (Å²) in [4.78, 5) is 11.9. The quantitative estimate of drug-likeness (QED) is 0.759. The Morgan fingerprint density at radius 3 is 2.64 bits per heavy atom. The van der Waals surface area contributed by atoms with Crippen molar-refractivity contribution in [3.63, 3.8) is 0 Å². The average molecular weight is 339 g/mol. The molecule has 3 nitrogen and oxygen atoms in total. The molecule has 0 saturated heterocycles. The lowest BCUT2D eigenvalue weighted by atomic mass is 10.0. The van der Waals surface area contributed by atoms with Gasteiger partial charge in [-0.25, -0.2) is 0 Å². The molecule has 0 aliphatic carbocycles. The third-order valence-electron chi connectivity index (χ3n) is 3.50. The van der Waals surface area contributed by atoms with E-state index in [1.165, 1.54) is 10.8 Å². The number of nitrogens with one attached hydrogen (secondary N) is 1. The van der Waals surface area contributed by atoms with E-state index in [2.05, 4.69) is 35.8 Å². The molecule has 1 amide bonds. The number of hydrogen-bond acceptors (Lipinski definition) is 3. The number of hydrogen-bond donors (Lipinski definition) is 2. The van der Waals surface area contributed by atoms with E-state index in [1.54, 1.807) is 11.8 Å². The molecule has 5 heteroatoms. The molecule has 0 heterocycles. The van der Waals surface area contributed by atoms with Crippen molar-refractivity contribution < 1.29 is 4.79 Å². The summed E-state index contributed by atoms with van der Waals surface area (Å²) in [6, 6.07) is 14.3. The highest BCUT2D eigenvalue weighted by atomic mass is 35.5. The minimum Gasteiger partial charge on any atom is -0.348 e. The van der Waals surface area contributed by atoms with Gasteiger partial charge in [0.25, 0.3) is 0 Å². The summed E-state index contributed by atoms with van der Waals surface area (Å²) in [5, 5.41) is 5.40. The van der Waals surface area contributed by atoms with Gasteiger partial charge < -0.3 is 11.1 Å². The zero-order valence-corrected chi connectivity index (χ0v) is 14.4. The van der Waals surface area contributed by atoms with Crippen LogP contribution >= 0.6 is 24.2 Å². The molecule has 0 aliphatic heterocycles. The Kier molecular flexibility index (Phi) is 8.31. The van der Waals surface area contributed by atoms with Crippen molar-refractivity contribution in [2.45, 2.75) is 18.9 Å². The molecule has 1 atom stereocenters. The molecule has 0 fully saturated rings. The van der Waals surface area contributed by atoms with Crippen LogP contribution in [0.5, 0.6) is 0 Å². The fourth-order valence-electron chi connectivity index (χ4n) is 2.35. The highest BCUT2D eigenvalue weighted by Gasteiger charge is 2.13. The molecule has 22 heavy (non-hydrogen) atoms. The molecule has 1 unspecified atom stereocenters. The van der Waals surface area contributed by atoms with E-state index in [0.717, 1.165) is 17.7 Å². The van der Waals surface area contributed by atoms with E-state index in [4.69, 9.17) is 5.73 Å². The number of amides is 1. The predicted molar refractivity (Wildman–Crippen MR) is 98.8 cm³/mol. The van der Waals surface area contributed by atoms with Gasteiger partial charge in [0, 0.05) is 13.0 Å². The highest BCUT2D eigenvalue weighted by Crippen LogP contribution is 2.20. The first-order valence-electron chi connectivity index (χ1n) is 7.21. The van der Waals surface area contributed by atoms with Gasteiger partial charge in [0.2, 0.25) is 5.91 Å². The van der Waals surface area contributed by atoms with Gasteiger partial charge in [-0.05, 0) is 40.8 Å². The van der Waals surface area contributed by atoms with Crippen LogP contribution in [0.1, 0.15) is 24.4 Å². The Bertz CT molecular complexity index is 606. The largest absolute Gasteiger partial charge is 0.348 e. The Balaban J connectivity index is 0.00000242. The van der Waals surface area contributed by atoms with E-state index in [9.17, 15) is 4.79 Å². The molecule has 0 saturated carbocycles. The first-order valence-corrected chi connectivity index (χ1v) is 8.61. The highest BCUT2D eigenvalue weighted by molar-refractivity contribution is 7.98. The normalized spacial score (nSPS) is 11.7. The van der Waals surface area contributed by atoms with Crippen molar-refractivity contribution in [2.24, 2.45) is 5.73 Å². The van der Waals surface area contributed by atoms with Gasteiger partial charge in [0.05, 0.1) is 6.04 Å². The summed E-state index contributed by atoms with van der Waals surface area (Å²) in [6.07, 6.45) is 3.52. The van der Waals surface area contributed by atoms with Crippen LogP contribution in [0.15, 0.2) is 42.5 Å². The molecule has 0 aliphatic rings. The van der Waals surface area contributed by atoms with Gasteiger partial charge in [-0.15, -0.1) is 12.4 Å². The smallest absolute Gasteiger partial charge is 0.220 e. The molecule has 0 radical (unpaired) electrons. The summed E-state index contributed by atoms with van der Waals surface area (Å²) in [5.74, 6) is 1.09. The molecule has 3 N–H and O–H groups in total. The number of thioether (sulfide) groups is 1. The van der Waals surface area contributed by atoms with Gasteiger partial charge in [-0.2, -0.15) is 11.8 Å². The molecule has 2 aromatic carbocycles. The molecular formula is C17H23ClN2OS. The minimum absolute atomic E-state index is 0. The molecule has 0 bridgehead atoms. The summed E-state index contributed by atoms with van der Waals surface area (Å²) < 4.78 is 0. The van der Waals surface area contributed by atoms with Crippen LogP contribution in [0.4, 0.5) is 0 Å². The lowest BCUT2D eigenvalue weighted by Gasteiger charge is -2.18. The van der Waals surface area contributed by atoms with Crippen molar-refractivity contribution >= 4 is 40.8 Å². The molecule has 0 spiro atoms. The van der Waals surface area contributed by atoms with Crippen molar-refractivity contribution in [1.82, 2.24) is 5.32 Å². The third kappa shape index (κ3) is 5.20. The molecule has 2 aromatic rings. The van der Waals surface area contributed by atoms with Gasteiger partial charge in [-0.3, -0.25) is 4.79 Å². The van der Waals surface area contributed by atoms with E-state index in [0.29, 0.717) is 13.0 Å². The standard InChI is InChI=1S/C17H22N2OS.ClH/c1-21-10-4-7-17(20)19-16(12-18)15-9-8-13-5-2-3-6-14(13)11-15;/h2-3,5-6,8-9,11,16H,4,7,10,12,18H2,1H3,(H,19,20);1H. The van der Waals surface area contributed by atoms with Gasteiger partial charge in [0.1, 0.15) is 0 Å². The Morgan fingerprint density at radius 1 is 1.23 bits per heavy atom. The number of carbonyl (C=O) groups is 1. The number of nitrogens with two attached hydrogens (primary N) is 1. The van der Waals surface area contributed by atoms with Gasteiger partial charge in [0.15, 0.2) is 0 Å². The van der Waals surface area contributed by atoms with Crippen LogP contribution in [-0.4, -0.2) is 24.5 Å². The van der Waals surface area contributed by atoms with Crippen LogP contribution in [-0.2, 0) is 4.79 Å². The Morgan fingerprint density at radius 2 is 1.95 bits per heavy atom. The second-order valence-corrected chi connectivity index (χ2v) is 6.04. The molecule has 2 rings (SSSR count). The SMILES string of the molecule is CSCCCC(=O)NC(CN)c1ccc2ccccc2c1.Cl. The van der Waals surface area contributed by atoms with Crippen LogP contribution in [0, 0.1) is 0 Å². The number of rotatable bonds is 7. The third-order valence-corrected chi connectivity index (χ3v) is 4.20. The van der Waals surface area contributed by atoms with E-state index < -0.39 is 0 Å². The maximum Gasteiger partial charge on any atom is 0.220 e. The topological polar surface area (TPSA) is 55.1 Å². The summed E-state index contributed by atoms with van der Waals surface area (Å²) in [5.41, 5.74) is 6.90. The van der Waals surface area contributed by atoms with E-state index in [1.807, 2.05) is 18.2 Å². The maximum atomic E-state index is 11.9. The van der Waals surface area contributed by atoms with Crippen molar-refractivity contribution in [3.8, 4) is 0 Å². The molecule has 0 aromatic heterocycles. The monoisotopic (exact) mass is 338 g/mol. The summed E-state index contributed by atoms with van der Waals surface area (Å²) >= 11 is 1.76. The number of fused-ring (bicyclic) bond motifs is 1. The van der Waals surface area contributed by atoms with Crippen molar-refractivity contribution in [2.75, 3.05) is 18.6 Å². The zero-order valence-electron chi connectivity index (χ0n) is 12.7. The number of carbonyl (C=O) groups excluding carboxylic acids is 1. The molecule has 120 valence electrons.